The van der Waals surface area contributed by atoms with Crippen molar-refractivity contribution in [3.63, 3.8) is 0 Å². The number of hydrogen-bond acceptors (Lipinski definition) is 5. The van der Waals surface area contributed by atoms with Crippen molar-refractivity contribution in [2.24, 2.45) is 0 Å². The highest BCUT2D eigenvalue weighted by Crippen LogP contribution is 2.41. The number of carbonyl (C=O) groups excluding carboxylic acids is 2. The molecule has 0 radical (unpaired) electrons. The molecule has 0 aliphatic carbocycles. The number of methoxy groups -OCH3 is 2. The van der Waals surface area contributed by atoms with Crippen LogP contribution >= 0.6 is 0 Å². The summed E-state index contributed by atoms with van der Waals surface area (Å²) in [6, 6.07) is 10.4. The summed E-state index contributed by atoms with van der Waals surface area (Å²) in [5.74, 6) is 0.977. The number of nitrogens with one attached hydrogen (secondary N) is 1. The molecule has 128 valence electrons. The van der Waals surface area contributed by atoms with Crippen molar-refractivity contribution in [3.8, 4) is 17.2 Å². The van der Waals surface area contributed by atoms with Crippen LogP contribution < -0.4 is 19.5 Å². The summed E-state index contributed by atoms with van der Waals surface area (Å²) in [6.45, 7) is 1.34. The predicted octanol–water partition coefficient (Wildman–Crippen LogP) is 3.12. The van der Waals surface area contributed by atoms with Crippen molar-refractivity contribution in [1.82, 2.24) is 0 Å². The van der Waals surface area contributed by atoms with Gasteiger partial charge in [-0.05, 0) is 29.8 Å². The van der Waals surface area contributed by atoms with Gasteiger partial charge in [0.2, 0.25) is 0 Å². The lowest BCUT2D eigenvalue weighted by Gasteiger charge is -2.09. The predicted molar refractivity (Wildman–Crippen MR) is 93.8 cm³/mol. The number of ether oxygens (including phenoxy) is 3. The van der Waals surface area contributed by atoms with Gasteiger partial charge >= 0.3 is 5.97 Å². The summed E-state index contributed by atoms with van der Waals surface area (Å²) < 4.78 is 15.6. The van der Waals surface area contributed by atoms with Gasteiger partial charge in [0.15, 0.2) is 11.5 Å². The number of rotatable bonds is 4. The zero-order chi connectivity index (χ0) is 18.0. The van der Waals surface area contributed by atoms with Crippen LogP contribution in [-0.2, 0) is 9.59 Å². The van der Waals surface area contributed by atoms with E-state index in [4.69, 9.17) is 14.2 Å². The van der Waals surface area contributed by atoms with Gasteiger partial charge in [-0.25, -0.2) is 0 Å². The maximum Gasteiger partial charge on any atom is 0.308 e. The highest BCUT2D eigenvalue weighted by Gasteiger charge is 2.26. The summed E-state index contributed by atoms with van der Waals surface area (Å²) in [5.41, 5.74) is 2.75. The second kappa shape index (κ2) is 6.68. The molecule has 0 saturated carbocycles. The minimum Gasteiger partial charge on any atom is -0.493 e. The van der Waals surface area contributed by atoms with Crippen molar-refractivity contribution in [1.29, 1.82) is 0 Å². The summed E-state index contributed by atoms with van der Waals surface area (Å²) >= 11 is 0. The Kier molecular flexibility index (Phi) is 4.43. The number of esters is 1. The monoisotopic (exact) mass is 339 g/mol. The third kappa shape index (κ3) is 3.33. The van der Waals surface area contributed by atoms with Gasteiger partial charge < -0.3 is 19.5 Å². The van der Waals surface area contributed by atoms with Crippen molar-refractivity contribution in [2.45, 2.75) is 6.92 Å². The highest BCUT2D eigenvalue weighted by atomic mass is 16.5. The van der Waals surface area contributed by atoms with Gasteiger partial charge in [-0.1, -0.05) is 12.1 Å². The molecule has 0 spiro atoms. The lowest BCUT2D eigenvalue weighted by Crippen LogP contribution is -2.03. The number of fused-ring (bicyclic) bond motifs is 1. The first kappa shape index (κ1) is 16.6. The highest BCUT2D eigenvalue weighted by molar-refractivity contribution is 6.35. The number of carbonyl (C=O) groups is 2. The maximum atomic E-state index is 12.3. The van der Waals surface area contributed by atoms with Crippen molar-refractivity contribution in [3.05, 3.63) is 47.5 Å². The first-order chi connectivity index (χ1) is 12.0. The van der Waals surface area contributed by atoms with Gasteiger partial charge in [-0.15, -0.1) is 0 Å². The number of benzene rings is 2. The standard InChI is InChI=1S/C19H17NO5/c1-11(21)25-13-6-4-12(5-7-13)8-15-14-9-17(23-2)18(24-3)10-16(14)20-19(15)22/h4-10H,1-3H3,(H,20,22)/b15-8+. The molecule has 1 heterocycles. The average molecular weight is 339 g/mol. The van der Waals surface area contributed by atoms with Crippen LogP contribution in [0.1, 0.15) is 18.1 Å². The molecule has 1 aliphatic rings. The number of anilines is 1. The fourth-order valence-electron chi connectivity index (χ4n) is 2.63. The Balaban J connectivity index is 1.97. The fourth-order valence-corrected chi connectivity index (χ4v) is 2.63. The van der Waals surface area contributed by atoms with Crippen LogP contribution in [0.5, 0.6) is 17.2 Å². The van der Waals surface area contributed by atoms with E-state index in [1.165, 1.54) is 6.92 Å². The molecule has 0 fully saturated rings. The Morgan fingerprint density at radius 1 is 1.04 bits per heavy atom. The van der Waals surface area contributed by atoms with E-state index in [1.807, 2.05) is 0 Å². The molecule has 0 saturated heterocycles. The smallest absolute Gasteiger partial charge is 0.308 e. The molecule has 0 atom stereocenters. The van der Waals surface area contributed by atoms with E-state index in [1.54, 1.807) is 56.7 Å². The Hall–Kier alpha value is -3.28. The lowest BCUT2D eigenvalue weighted by molar-refractivity contribution is -0.131. The van der Waals surface area contributed by atoms with E-state index >= 15 is 0 Å². The largest absolute Gasteiger partial charge is 0.493 e. The van der Waals surface area contributed by atoms with Crippen LogP contribution in [0.3, 0.4) is 0 Å². The Morgan fingerprint density at radius 3 is 2.28 bits per heavy atom. The SMILES string of the molecule is COc1cc2c(cc1OC)/C(=C\c1ccc(OC(C)=O)cc1)C(=O)N2. The summed E-state index contributed by atoms with van der Waals surface area (Å²) in [4.78, 5) is 23.3. The topological polar surface area (TPSA) is 73.9 Å². The van der Waals surface area contributed by atoms with Crippen LogP contribution in [0.15, 0.2) is 36.4 Å². The second-order valence-electron chi connectivity index (χ2n) is 5.43. The van der Waals surface area contributed by atoms with Crippen molar-refractivity contribution < 1.29 is 23.8 Å². The first-order valence-corrected chi connectivity index (χ1v) is 7.59. The molecule has 6 heteroatoms. The second-order valence-corrected chi connectivity index (χ2v) is 5.43. The third-order valence-corrected chi connectivity index (χ3v) is 3.76. The Morgan fingerprint density at radius 2 is 1.68 bits per heavy atom. The van der Waals surface area contributed by atoms with E-state index in [0.717, 1.165) is 11.1 Å². The average Bonchev–Trinajstić information content (AvgIpc) is 2.89. The minimum absolute atomic E-state index is 0.200. The van der Waals surface area contributed by atoms with Crippen molar-refractivity contribution >= 4 is 29.2 Å². The van der Waals surface area contributed by atoms with Gasteiger partial charge in [-0.3, -0.25) is 9.59 Å². The Labute approximate surface area is 145 Å². The fraction of sp³-hybridized carbons (Fsp3) is 0.158. The molecule has 3 rings (SSSR count). The molecular formula is C19H17NO5. The van der Waals surface area contributed by atoms with Gasteiger partial charge in [0.1, 0.15) is 5.75 Å². The van der Waals surface area contributed by atoms with Crippen LogP contribution in [0.4, 0.5) is 5.69 Å². The van der Waals surface area contributed by atoms with Gasteiger partial charge in [0, 0.05) is 24.1 Å². The van der Waals surface area contributed by atoms with E-state index in [9.17, 15) is 9.59 Å². The van der Waals surface area contributed by atoms with Gasteiger partial charge in [0.25, 0.3) is 5.91 Å². The van der Waals surface area contributed by atoms with E-state index in [2.05, 4.69) is 5.32 Å². The summed E-state index contributed by atoms with van der Waals surface area (Å²) in [6.07, 6.45) is 1.77. The molecule has 25 heavy (non-hydrogen) atoms. The molecule has 2 aromatic rings. The Bertz CT molecular complexity index is 868. The van der Waals surface area contributed by atoms with Gasteiger partial charge in [-0.2, -0.15) is 0 Å². The van der Waals surface area contributed by atoms with Crippen molar-refractivity contribution in [2.75, 3.05) is 19.5 Å². The summed E-state index contributed by atoms with van der Waals surface area (Å²) in [7, 11) is 3.09. The van der Waals surface area contributed by atoms with Crippen LogP contribution in [0, 0.1) is 0 Å². The van der Waals surface area contributed by atoms with Crippen LogP contribution in [0.25, 0.3) is 11.6 Å². The molecule has 1 N–H and O–H groups in total. The number of amides is 1. The minimum atomic E-state index is -0.378. The molecule has 0 aromatic heterocycles. The lowest BCUT2D eigenvalue weighted by atomic mass is 10.0. The zero-order valence-electron chi connectivity index (χ0n) is 14.1. The molecule has 0 unspecified atom stereocenters. The molecule has 2 aromatic carbocycles. The van der Waals surface area contributed by atoms with Crippen LogP contribution in [-0.4, -0.2) is 26.1 Å². The van der Waals surface area contributed by atoms with E-state index < -0.39 is 0 Å². The van der Waals surface area contributed by atoms with E-state index in [0.29, 0.717) is 28.5 Å². The van der Waals surface area contributed by atoms with Gasteiger partial charge in [0.05, 0.1) is 19.9 Å². The molecule has 1 amide bonds. The molecule has 6 nitrogen and oxygen atoms in total. The van der Waals surface area contributed by atoms with E-state index in [-0.39, 0.29) is 11.9 Å². The summed E-state index contributed by atoms with van der Waals surface area (Å²) in [5, 5.41) is 2.82. The normalized spacial score (nSPS) is 14.0. The molecule has 1 aliphatic heterocycles. The zero-order valence-corrected chi connectivity index (χ0v) is 14.1. The number of hydrogen-bond donors (Lipinski definition) is 1. The van der Waals surface area contributed by atoms with Crippen LogP contribution in [0.2, 0.25) is 0 Å². The quantitative estimate of drug-likeness (QED) is 0.526. The molecule has 0 bridgehead atoms. The molecular weight excluding hydrogens is 322 g/mol. The first-order valence-electron chi connectivity index (χ1n) is 7.59. The maximum absolute atomic E-state index is 12.3. The third-order valence-electron chi connectivity index (χ3n) is 3.76.